The highest BCUT2D eigenvalue weighted by Crippen LogP contribution is 2.31. The molecule has 0 saturated heterocycles. The van der Waals surface area contributed by atoms with Crippen molar-refractivity contribution in [2.45, 2.75) is 20.3 Å². The molecular weight excluding hydrogens is 224 g/mol. The molecule has 0 saturated carbocycles. The third-order valence-corrected chi connectivity index (χ3v) is 2.79. The summed E-state index contributed by atoms with van der Waals surface area (Å²) in [5.41, 5.74) is 6.89. The number of benzene rings is 1. The van der Waals surface area contributed by atoms with Crippen molar-refractivity contribution in [1.29, 1.82) is 0 Å². The van der Waals surface area contributed by atoms with Crippen LogP contribution in [0.25, 0.3) is 11.3 Å². The summed E-state index contributed by atoms with van der Waals surface area (Å²) >= 11 is 0. The number of aryl methyl sites for hydroxylation is 1. The molecule has 2 aromatic rings. The van der Waals surface area contributed by atoms with Crippen LogP contribution in [-0.2, 0) is 6.42 Å². The van der Waals surface area contributed by atoms with Gasteiger partial charge in [-0.3, -0.25) is 5.10 Å². The molecule has 0 spiro atoms. The second kappa shape index (κ2) is 4.16. The number of aromatic nitrogens is 2. The zero-order chi connectivity index (χ0) is 12.6. The molecule has 5 heteroatoms. The third kappa shape index (κ3) is 1.77. The van der Waals surface area contributed by atoms with E-state index in [0.717, 1.165) is 0 Å². The number of rotatable bonds is 2. The van der Waals surface area contributed by atoms with Gasteiger partial charge in [-0.2, -0.15) is 5.10 Å². The fourth-order valence-electron chi connectivity index (χ4n) is 1.83. The van der Waals surface area contributed by atoms with Crippen molar-refractivity contribution < 1.29 is 8.78 Å². The Morgan fingerprint density at radius 2 is 2.06 bits per heavy atom. The van der Waals surface area contributed by atoms with Gasteiger partial charge in [-0.25, -0.2) is 8.78 Å². The average molecular weight is 237 g/mol. The number of hydrogen-bond donors (Lipinski definition) is 2. The highest BCUT2D eigenvalue weighted by molar-refractivity contribution is 5.69. The first-order valence-electron chi connectivity index (χ1n) is 5.34. The molecule has 0 amide bonds. The maximum atomic E-state index is 13.9. The SMILES string of the molecule is CCc1c(N)n[nH]c1-c1c(F)ccc(C)c1F. The van der Waals surface area contributed by atoms with Gasteiger partial charge in [0.2, 0.25) is 0 Å². The van der Waals surface area contributed by atoms with Gasteiger partial charge in [0, 0.05) is 5.56 Å². The van der Waals surface area contributed by atoms with Crippen LogP contribution in [0.2, 0.25) is 0 Å². The molecular formula is C12H13F2N3. The average Bonchev–Trinajstić information content (AvgIpc) is 2.66. The van der Waals surface area contributed by atoms with Crippen LogP contribution in [0.3, 0.4) is 0 Å². The first-order valence-corrected chi connectivity index (χ1v) is 5.34. The summed E-state index contributed by atoms with van der Waals surface area (Å²) in [7, 11) is 0. The number of hydrogen-bond acceptors (Lipinski definition) is 2. The second-order valence-electron chi connectivity index (χ2n) is 3.87. The zero-order valence-corrected chi connectivity index (χ0v) is 9.64. The molecule has 0 bridgehead atoms. The fourth-order valence-corrected chi connectivity index (χ4v) is 1.83. The van der Waals surface area contributed by atoms with Crippen LogP contribution in [0.5, 0.6) is 0 Å². The fraction of sp³-hybridized carbons (Fsp3) is 0.250. The predicted octanol–water partition coefficient (Wildman–Crippen LogP) is 2.81. The van der Waals surface area contributed by atoms with Crippen molar-refractivity contribution in [2.24, 2.45) is 0 Å². The Balaban J connectivity index is 2.72. The van der Waals surface area contributed by atoms with Gasteiger partial charge < -0.3 is 5.73 Å². The first kappa shape index (κ1) is 11.6. The molecule has 0 unspecified atom stereocenters. The largest absolute Gasteiger partial charge is 0.382 e. The van der Waals surface area contributed by atoms with Gasteiger partial charge in [0.1, 0.15) is 17.5 Å². The standard InChI is InChI=1S/C12H13F2N3/c1-3-7-11(16-17-12(7)15)9-8(13)5-4-6(2)10(9)14/h4-5H,3H2,1-2H3,(H3,15,16,17). The highest BCUT2D eigenvalue weighted by Gasteiger charge is 2.19. The summed E-state index contributed by atoms with van der Waals surface area (Å²) in [4.78, 5) is 0. The summed E-state index contributed by atoms with van der Waals surface area (Å²) in [6, 6.07) is 2.64. The van der Waals surface area contributed by atoms with E-state index in [1.807, 2.05) is 6.92 Å². The molecule has 90 valence electrons. The number of anilines is 1. The lowest BCUT2D eigenvalue weighted by Gasteiger charge is -2.07. The maximum absolute atomic E-state index is 13.9. The highest BCUT2D eigenvalue weighted by atomic mass is 19.1. The van der Waals surface area contributed by atoms with E-state index in [1.165, 1.54) is 12.1 Å². The van der Waals surface area contributed by atoms with E-state index in [1.54, 1.807) is 6.92 Å². The van der Waals surface area contributed by atoms with Gasteiger partial charge in [0.25, 0.3) is 0 Å². The van der Waals surface area contributed by atoms with Gasteiger partial charge in [0.05, 0.1) is 11.3 Å². The topological polar surface area (TPSA) is 54.7 Å². The second-order valence-corrected chi connectivity index (χ2v) is 3.87. The van der Waals surface area contributed by atoms with E-state index in [2.05, 4.69) is 10.2 Å². The lowest BCUT2D eigenvalue weighted by molar-refractivity contribution is 0.582. The Labute approximate surface area is 97.7 Å². The minimum absolute atomic E-state index is 0.0916. The van der Waals surface area contributed by atoms with Gasteiger partial charge in [-0.05, 0) is 25.0 Å². The summed E-state index contributed by atoms with van der Waals surface area (Å²) in [6.45, 7) is 3.44. The number of nitrogen functional groups attached to an aromatic ring is 1. The van der Waals surface area contributed by atoms with Crippen LogP contribution in [0, 0.1) is 18.6 Å². The van der Waals surface area contributed by atoms with E-state index >= 15 is 0 Å². The molecule has 0 fully saturated rings. The van der Waals surface area contributed by atoms with Crippen molar-refractivity contribution >= 4 is 5.82 Å². The summed E-state index contributed by atoms with van der Waals surface area (Å²) < 4.78 is 27.7. The van der Waals surface area contributed by atoms with E-state index in [-0.39, 0.29) is 11.4 Å². The third-order valence-electron chi connectivity index (χ3n) is 2.79. The molecule has 0 aliphatic carbocycles. The molecule has 1 aromatic carbocycles. The Bertz CT molecular complexity index is 561. The molecule has 0 aliphatic heterocycles. The van der Waals surface area contributed by atoms with Crippen molar-refractivity contribution in [3.05, 3.63) is 34.9 Å². The van der Waals surface area contributed by atoms with Gasteiger partial charge >= 0.3 is 0 Å². The summed E-state index contributed by atoms with van der Waals surface area (Å²) in [5.74, 6) is -0.919. The van der Waals surface area contributed by atoms with Crippen LogP contribution >= 0.6 is 0 Å². The van der Waals surface area contributed by atoms with Crippen molar-refractivity contribution in [2.75, 3.05) is 5.73 Å². The van der Waals surface area contributed by atoms with E-state index in [4.69, 9.17) is 5.73 Å². The smallest absolute Gasteiger partial charge is 0.149 e. The Hall–Kier alpha value is -1.91. The Morgan fingerprint density at radius 3 is 2.71 bits per heavy atom. The van der Waals surface area contributed by atoms with Gasteiger partial charge in [-0.15, -0.1) is 0 Å². The molecule has 0 aliphatic rings. The minimum atomic E-state index is -0.619. The number of nitrogens with two attached hydrogens (primary N) is 1. The lowest BCUT2D eigenvalue weighted by Crippen LogP contribution is -1.97. The molecule has 1 aromatic heterocycles. The number of halogens is 2. The molecule has 3 N–H and O–H groups in total. The van der Waals surface area contributed by atoms with Crippen molar-refractivity contribution in [1.82, 2.24) is 10.2 Å². The molecule has 17 heavy (non-hydrogen) atoms. The molecule has 0 atom stereocenters. The predicted molar refractivity (Wildman–Crippen MR) is 62.5 cm³/mol. The maximum Gasteiger partial charge on any atom is 0.149 e. The monoisotopic (exact) mass is 237 g/mol. The van der Waals surface area contributed by atoms with E-state index < -0.39 is 11.6 Å². The molecule has 2 rings (SSSR count). The Morgan fingerprint density at radius 1 is 1.35 bits per heavy atom. The zero-order valence-electron chi connectivity index (χ0n) is 9.64. The van der Waals surface area contributed by atoms with E-state index in [9.17, 15) is 8.78 Å². The number of H-pyrrole nitrogens is 1. The number of nitrogens with zero attached hydrogens (tertiary/aromatic N) is 1. The summed E-state index contributed by atoms with van der Waals surface area (Å²) in [6.07, 6.45) is 0.560. The van der Waals surface area contributed by atoms with Crippen LogP contribution in [-0.4, -0.2) is 10.2 Å². The molecule has 3 nitrogen and oxygen atoms in total. The summed E-state index contributed by atoms with van der Waals surface area (Å²) in [5, 5.41) is 6.39. The number of aromatic amines is 1. The molecule has 0 radical (unpaired) electrons. The van der Waals surface area contributed by atoms with Gasteiger partial charge in [-0.1, -0.05) is 13.0 Å². The minimum Gasteiger partial charge on any atom is -0.382 e. The van der Waals surface area contributed by atoms with E-state index in [0.29, 0.717) is 23.2 Å². The van der Waals surface area contributed by atoms with Crippen molar-refractivity contribution in [3.63, 3.8) is 0 Å². The first-order chi connectivity index (χ1) is 8.06. The Kier molecular flexibility index (Phi) is 2.83. The normalized spacial score (nSPS) is 10.8. The lowest BCUT2D eigenvalue weighted by atomic mass is 10.0. The molecule has 1 heterocycles. The van der Waals surface area contributed by atoms with Crippen LogP contribution in [0.4, 0.5) is 14.6 Å². The van der Waals surface area contributed by atoms with Crippen molar-refractivity contribution in [3.8, 4) is 11.3 Å². The van der Waals surface area contributed by atoms with Gasteiger partial charge in [0.15, 0.2) is 0 Å². The number of nitrogens with one attached hydrogen (secondary N) is 1. The van der Waals surface area contributed by atoms with Crippen LogP contribution in [0.15, 0.2) is 12.1 Å². The van der Waals surface area contributed by atoms with Crippen LogP contribution < -0.4 is 5.73 Å². The van der Waals surface area contributed by atoms with Crippen LogP contribution in [0.1, 0.15) is 18.1 Å². The quantitative estimate of drug-likeness (QED) is 0.843.